The van der Waals surface area contributed by atoms with Crippen LogP contribution < -0.4 is 0 Å². The lowest BCUT2D eigenvalue weighted by atomic mass is 10.1. The van der Waals surface area contributed by atoms with Gasteiger partial charge in [0.15, 0.2) is 0 Å². The lowest BCUT2D eigenvalue weighted by Crippen LogP contribution is -2.36. The van der Waals surface area contributed by atoms with Crippen LogP contribution in [-0.4, -0.2) is 34.0 Å². The van der Waals surface area contributed by atoms with Crippen LogP contribution in [0.1, 0.15) is 23.0 Å². The van der Waals surface area contributed by atoms with Crippen molar-refractivity contribution in [2.75, 3.05) is 7.05 Å². The van der Waals surface area contributed by atoms with Crippen molar-refractivity contribution < 1.29 is 9.90 Å². The van der Waals surface area contributed by atoms with Gasteiger partial charge < -0.3 is 10.0 Å². The molecule has 0 saturated carbocycles. The van der Waals surface area contributed by atoms with Gasteiger partial charge in [0.2, 0.25) is 0 Å². The molecule has 0 radical (unpaired) electrons. The number of nitrogens with zero attached hydrogens (tertiary/aromatic N) is 2. The van der Waals surface area contributed by atoms with Gasteiger partial charge >= 0.3 is 0 Å². The second-order valence-electron chi connectivity index (χ2n) is 5.00. The number of halogens is 1. The Morgan fingerprint density at radius 1 is 1.29 bits per heavy atom. The van der Waals surface area contributed by atoms with Crippen LogP contribution in [0.15, 0.2) is 47.1 Å². The predicted molar refractivity (Wildman–Crippen MR) is 85.3 cm³/mol. The Hall–Kier alpha value is -1.88. The summed E-state index contributed by atoms with van der Waals surface area (Å²) in [5.41, 5.74) is 1.50. The van der Waals surface area contributed by atoms with Crippen molar-refractivity contribution in [1.29, 1.82) is 0 Å². The number of likely N-dealkylation sites (N-methyl/N-ethyl adjacent to an activating group) is 1. The minimum absolute atomic E-state index is 0.0347. The molecule has 0 aliphatic rings. The molecule has 2 rings (SSSR count). The normalized spacial score (nSPS) is 12.0. The molecule has 110 valence electrons. The fourth-order valence-corrected chi connectivity index (χ4v) is 2.23. The number of phenolic OH excluding ortho intramolecular Hbond substituents is 1. The van der Waals surface area contributed by atoms with E-state index in [9.17, 15) is 9.90 Å². The number of amides is 1. The summed E-state index contributed by atoms with van der Waals surface area (Å²) in [7, 11) is 1.77. The maximum Gasteiger partial charge on any atom is 0.272 e. The first-order chi connectivity index (χ1) is 9.97. The van der Waals surface area contributed by atoms with Crippen molar-refractivity contribution in [2.24, 2.45) is 0 Å². The quantitative estimate of drug-likeness (QED) is 0.922. The minimum atomic E-state index is -0.103. The summed E-state index contributed by atoms with van der Waals surface area (Å²) in [4.78, 5) is 18.2. The van der Waals surface area contributed by atoms with E-state index in [4.69, 9.17) is 0 Å². The smallest absolute Gasteiger partial charge is 0.272 e. The molecular formula is C16H17BrN2O2. The van der Waals surface area contributed by atoms with Gasteiger partial charge in [0.05, 0.1) is 0 Å². The number of aromatic nitrogens is 1. The van der Waals surface area contributed by atoms with Gasteiger partial charge in [0.1, 0.15) is 11.4 Å². The minimum Gasteiger partial charge on any atom is -0.508 e. The summed E-state index contributed by atoms with van der Waals surface area (Å²) < 4.78 is 0.846. The first-order valence-corrected chi connectivity index (χ1v) is 7.43. The van der Waals surface area contributed by atoms with Gasteiger partial charge in [0, 0.05) is 23.8 Å². The summed E-state index contributed by atoms with van der Waals surface area (Å²) in [5, 5.41) is 9.28. The molecule has 1 aromatic carbocycles. The van der Waals surface area contributed by atoms with Crippen molar-refractivity contribution in [3.05, 3.63) is 58.3 Å². The predicted octanol–water partition coefficient (Wildman–Crippen LogP) is 3.25. The van der Waals surface area contributed by atoms with Gasteiger partial charge in [-0.25, -0.2) is 4.98 Å². The standard InChI is InChI=1S/C16H17BrN2O2/c1-11(9-12-3-6-14(20)7-4-12)19(2)16(21)15-8-5-13(17)10-18-15/h3-8,10-11,20H,9H2,1-2H3/t11-/m1/s1. The molecule has 1 atom stereocenters. The van der Waals surface area contributed by atoms with E-state index < -0.39 is 0 Å². The van der Waals surface area contributed by atoms with Crippen LogP contribution in [-0.2, 0) is 6.42 Å². The number of aromatic hydroxyl groups is 1. The molecule has 5 heteroatoms. The van der Waals surface area contributed by atoms with Crippen molar-refractivity contribution in [2.45, 2.75) is 19.4 Å². The Morgan fingerprint density at radius 3 is 2.52 bits per heavy atom. The van der Waals surface area contributed by atoms with E-state index in [1.165, 1.54) is 0 Å². The van der Waals surface area contributed by atoms with Gasteiger partial charge in [-0.15, -0.1) is 0 Å². The van der Waals surface area contributed by atoms with Crippen LogP contribution in [0, 0.1) is 0 Å². The highest BCUT2D eigenvalue weighted by atomic mass is 79.9. The largest absolute Gasteiger partial charge is 0.508 e. The second kappa shape index (κ2) is 6.72. The van der Waals surface area contributed by atoms with Crippen LogP contribution in [0.4, 0.5) is 0 Å². The maximum absolute atomic E-state index is 12.3. The van der Waals surface area contributed by atoms with Gasteiger partial charge in [-0.1, -0.05) is 12.1 Å². The van der Waals surface area contributed by atoms with Crippen LogP contribution in [0.5, 0.6) is 5.75 Å². The third-order valence-corrected chi connectivity index (χ3v) is 3.86. The highest BCUT2D eigenvalue weighted by Crippen LogP contribution is 2.15. The Balaban J connectivity index is 2.04. The van der Waals surface area contributed by atoms with E-state index >= 15 is 0 Å². The van der Waals surface area contributed by atoms with E-state index in [1.54, 1.807) is 42.4 Å². The topological polar surface area (TPSA) is 53.4 Å². The molecule has 4 nitrogen and oxygen atoms in total. The van der Waals surface area contributed by atoms with Crippen LogP contribution >= 0.6 is 15.9 Å². The third-order valence-electron chi connectivity index (χ3n) is 3.40. The molecule has 21 heavy (non-hydrogen) atoms. The zero-order valence-corrected chi connectivity index (χ0v) is 13.5. The van der Waals surface area contributed by atoms with Crippen LogP contribution in [0.25, 0.3) is 0 Å². The molecule has 0 aliphatic carbocycles. The van der Waals surface area contributed by atoms with Gasteiger partial charge in [-0.2, -0.15) is 0 Å². The van der Waals surface area contributed by atoms with Crippen LogP contribution in [0.2, 0.25) is 0 Å². The van der Waals surface area contributed by atoms with Gasteiger partial charge in [0.25, 0.3) is 5.91 Å². The zero-order chi connectivity index (χ0) is 15.4. The number of phenols is 1. The molecule has 1 N–H and O–H groups in total. The number of carbonyl (C=O) groups excluding carboxylic acids is 1. The van der Waals surface area contributed by atoms with E-state index in [0.717, 1.165) is 16.5 Å². The van der Waals surface area contributed by atoms with Crippen LogP contribution in [0.3, 0.4) is 0 Å². The molecule has 0 bridgehead atoms. The lowest BCUT2D eigenvalue weighted by molar-refractivity contribution is 0.0737. The van der Waals surface area contributed by atoms with Gasteiger partial charge in [-0.3, -0.25) is 4.79 Å². The number of rotatable bonds is 4. The fourth-order valence-electron chi connectivity index (χ4n) is 1.99. The first kappa shape index (κ1) is 15.5. The van der Waals surface area contributed by atoms with Crippen molar-refractivity contribution in [3.63, 3.8) is 0 Å². The van der Waals surface area contributed by atoms with Gasteiger partial charge in [-0.05, 0) is 59.1 Å². The number of benzene rings is 1. The highest BCUT2D eigenvalue weighted by molar-refractivity contribution is 9.10. The number of hydrogen-bond acceptors (Lipinski definition) is 3. The zero-order valence-electron chi connectivity index (χ0n) is 12.0. The summed E-state index contributed by atoms with van der Waals surface area (Å²) in [5.74, 6) is 0.142. The Morgan fingerprint density at radius 2 is 1.95 bits per heavy atom. The number of hydrogen-bond donors (Lipinski definition) is 1. The van der Waals surface area contributed by atoms with Crippen molar-refractivity contribution >= 4 is 21.8 Å². The molecule has 0 fully saturated rings. The molecule has 1 heterocycles. The molecular weight excluding hydrogens is 332 g/mol. The first-order valence-electron chi connectivity index (χ1n) is 6.64. The average molecular weight is 349 g/mol. The molecule has 1 aromatic heterocycles. The van der Waals surface area contributed by atoms with E-state index in [0.29, 0.717) is 5.69 Å². The molecule has 0 spiro atoms. The fraction of sp³-hybridized carbons (Fsp3) is 0.250. The molecule has 1 amide bonds. The Bertz CT molecular complexity index is 611. The lowest BCUT2D eigenvalue weighted by Gasteiger charge is -2.24. The number of pyridine rings is 1. The average Bonchev–Trinajstić information content (AvgIpc) is 2.49. The third kappa shape index (κ3) is 4.04. The summed E-state index contributed by atoms with van der Waals surface area (Å²) in [6.45, 7) is 1.99. The summed E-state index contributed by atoms with van der Waals surface area (Å²) in [6, 6.07) is 10.6. The maximum atomic E-state index is 12.3. The van der Waals surface area contributed by atoms with Crippen molar-refractivity contribution in [3.8, 4) is 5.75 Å². The monoisotopic (exact) mass is 348 g/mol. The number of carbonyl (C=O) groups is 1. The van der Waals surface area contributed by atoms with E-state index in [2.05, 4.69) is 20.9 Å². The molecule has 0 aliphatic heterocycles. The molecule has 0 unspecified atom stereocenters. The van der Waals surface area contributed by atoms with Crippen molar-refractivity contribution in [1.82, 2.24) is 9.88 Å². The highest BCUT2D eigenvalue weighted by Gasteiger charge is 2.18. The van der Waals surface area contributed by atoms with E-state index in [-0.39, 0.29) is 17.7 Å². The Labute approximate surface area is 132 Å². The molecule has 0 saturated heterocycles. The Kier molecular flexibility index (Phi) is 4.96. The SMILES string of the molecule is C[C@H](Cc1ccc(O)cc1)N(C)C(=O)c1ccc(Br)cn1. The summed E-state index contributed by atoms with van der Waals surface area (Å²) in [6.07, 6.45) is 2.34. The second-order valence-corrected chi connectivity index (χ2v) is 5.91. The van der Waals surface area contributed by atoms with E-state index in [1.807, 2.05) is 19.1 Å². The molecule has 2 aromatic rings. The summed E-state index contributed by atoms with van der Waals surface area (Å²) >= 11 is 3.30.